The van der Waals surface area contributed by atoms with Crippen LogP contribution in [0, 0.1) is 0 Å². The number of aliphatic hydroxyl groups is 3. The number of hydrogen-bond acceptors (Lipinski definition) is 8. The van der Waals surface area contributed by atoms with Crippen molar-refractivity contribution in [3.8, 4) is 11.5 Å². The molecule has 0 aromatic heterocycles. The van der Waals surface area contributed by atoms with Crippen LogP contribution in [0.4, 0.5) is 0 Å². The summed E-state index contributed by atoms with van der Waals surface area (Å²) >= 11 is 0. The Morgan fingerprint density at radius 1 is 1.16 bits per heavy atom. The molecule has 0 unspecified atom stereocenters. The van der Waals surface area contributed by atoms with Crippen molar-refractivity contribution < 1.29 is 45.0 Å². The van der Waals surface area contributed by atoms with E-state index in [9.17, 15) is 35.1 Å². The topological polar surface area (TPSA) is 165 Å². The summed E-state index contributed by atoms with van der Waals surface area (Å²) in [4.78, 5) is 22.9. The van der Waals surface area contributed by atoms with Gasteiger partial charge >= 0.3 is 11.9 Å². The molecule has 4 atom stereocenters. The molecular formula is C16H18O9. The molecule has 0 aliphatic heterocycles. The SMILES string of the molecule is O=C(/C=C/c1ccc(O)c(O)c1)O[C@H]1C[C@](O)(C(=O)O)C[C@H](O)[C@@H]1O. The number of aliphatic carboxylic acids is 1. The number of phenolic OH excluding ortho intramolecular Hbond substituents is 2. The number of esters is 1. The zero-order chi connectivity index (χ0) is 18.8. The summed E-state index contributed by atoms with van der Waals surface area (Å²) in [6.07, 6.45) is -3.44. The van der Waals surface area contributed by atoms with Crippen LogP contribution in [-0.2, 0) is 14.3 Å². The number of carboxylic acid groups (broad SMARTS) is 1. The molecule has 0 radical (unpaired) electrons. The Kier molecular flexibility index (Phi) is 5.31. The summed E-state index contributed by atoms with van der Waals surface area (Å²) in [6.45, 7) is 0. The molecule has 0 saturated heterocycles. The van der Waals surface area contributed by atoms with Gasteiger partial charge in [-0.1, -0.05) is 6.07 Å². The summed E-state index contributed by atoms with van der Waals surface area (Å²) in [5.41, 5.74) is -1.94. The Balaban J connectivity index is 2.06. The van der Waals surface area contributed by atoms with E-state index in [0.29, 0.717) is 5.56 Å². The van der Waals surface area contributed by atoms with Crippen molar-refractivity contribution in [3.05, 3.63) is 29.8 Å². The van der Waals surface area contributed by atoms with Gasteiger partial charge < -0.3 is 35.4 Å². The highest BCUT2D eigenvalue weighted by molar-refractivity contribution is 5.87. The van der Waals surface area contributed by atoms with E-state index in [-0.39, 0.29) is 11.5 Å². The van der Waals surface area contributed by atoms with E-state index in [0.717, 1.165) is 6.08 Å². The van der Waals surface area contributed by atoms with Crippen molar-refractivity contribution >= 4 is 18.0 Å². The molecule has 25 heavy (non-hydrogen) atoms. The molecule has 1 aliphatic carbocycles. The third-order valence-corrected chi connectivity index (χ3v) is 3.94. The van der Waals surface area contributed by atoms with E-state index in [1.165, 1.54) is 24.3 Å². The van der Waals surface area contributed by atoms with Gasteiger partial charge in [0.25, 0.3) is 0 Å². The number of carboxylic acids is 1. The zero-order valence-electron chi connectivity index (χ0n) is 12.9. The molecule has 1 aromatic carbocycles. The van der Waals surface area contributed by atoms with Crippen molar-refractivity contribution in [2.75, 3.05) is 0 Å². The van der Waals surface area contributed by atoms with Gasteiger partial charge in [0.05, 0.1) is 6.10 Å². The van der Waals surface area contributed by atoms with Crippen molar-refractivity contribution in [2.45, 2.75) is 36.8 Å². The van der Waals surface area contributed by atoms with Crippen LogP contribution in [0.1, 0.15) is 18.4 Å². The zero-order valence-corrected chi connectivity index (χ0v) is 12.9. The molecule has 6 N–H and O–H groups in total. The maximum absolute atomic E-state index is 11.8. The van der Waals surface area contributed by atoms with Crippen LogP contribution >= 0.6 is 0 Å². The van der Waals surface area contributed by atoms with Crippen molar-refractivity contribution in [1.29, 1.82) is 0 Å². The Bertz CT molecular complexity index is 699. The maximum Gasteiger partial charge on any atom is 0.335 e. The molecule has 2 rings (SSSR count). The third kappa shape index (κ3) is 4.27. The lowest BCUT2D eigenvalue weighted by Gasteiger charge is -2.39. The lowest BCUT2D eigenvalue weighted by molar-refractivity contribution is -0.196. The normalized spacial score (nSPS) is 29.5. The second kappa shape index (κ2) is 7.09. The highest BCUT2D eigenvalue weighted by Gasteiger charge is 2.50. The average molecular weight is 354 g/mol. The minimum Gasteiger partial charge on any atom is -0.504 e. The number of phenols is 2. The third-order valence-electron chi connectivity index (χ3n) is 3.94. The smallest absolute Gasteiger partial charge is 0.335 e. The van der Waals surface area contributed by atoms with Gasteiger partial charge in [-0.2, -0.15) is 0 Å². The summed E-state index contributed by atoms with van der Waals surface area (Å²) in [5, 5.41) is 57.0. The highest BCUT2D eigenvalue weighted by atomic mass is 16.6. The Hall–Kier alpha value is -2.62. The first kappa shape index (κ1) is 18.7. The van der Waals surface area contributed by atoms with Gasteiger partial charge in [0.1, 0.15) is 12.2 Å². The van der Waals surface area contributed by atoms with Crippen LogP contribution in [0.5, 0.6) is 11.5 Å². The lowest BCUT2D eigenvalue weighted by Crippen LogP contribution is -2.57. The number of aliphatic hydroxyl groups excluding tert-OH is 2. The second-order valence-electron chi connectivity index (χ2n) is 5.86. The number of aromatic hydroxyl groups is 2. The number of benzene rings is 1. The predicted molar refractivity (Wildman–Crippen MR) is 82.5 cm³/mol. The molecule has 0 bridgehead atoms. The molecule has 1 fully saturated rings. The summed E-state index contributed by atoms with van der Waals surface area (Å²) < 4.78 is 4.92. The fourth-order valence-corrected chi connectivity index (χ4v) is 2.53. The minimum absolute atomic E-state index is 0.327. The summed E-state index contributed by atoms with van der Waals surface area (Å²) in [6, 6.07) is 3.83. The van der Waals surface area contributed by atoms with E-state index in [4.69, 9.17) is 9.84 Å². The van der Waals surface area contributed by atoms with Crippen LogP contribution in [0.3, 0.4) is 0 Å². The van der Waals surface area contributed by atoms with E-state index in [2.05, 4.69) is 0 Å². The lowest BCUT2D eigenvalue weighted by atomic mass is 9.79. The fourth-order valence-electron chi connectivity index (χ4n) is 2.53. The number of carbonyl (C=O) groups excluding carboxylic acids is 1. The Morgan fingerprint density at radius 2 is 1.84 bits per heavy atom. The van der Waals surface area contributed by atoms with Gasteiger partial charge in [-0.15, -0.1) is 0 Å². The predicted octanol–water partition coefficient (Wildman–Crippen LogP) is -0.646. The molecule has 0 heterocycles. The molecule has 1 aromatic rings. The van der Waals surface area contributed by atoms with E-state index in [1.807, 2.05) is 0 Å². The molecular weight excluding hydrogens is 336 g/mol. The molecule has 1 aliphatic rings. The number of rotatable bonds is 4. The van der Waals surface area contributed by atoms with Crippen LogP contribution in [0.15, 0.2) is 24.3 Å². The van der Waals surface area contributed by atoms with Gasteiger partial charge in [0, 0.05) is 18.9 Å². The number of ether oxygens (including phenoxy) is 1. The van der Waals surface area contributed by atoms with Crippen LogP contribution < -0.4 is 0 Å². The number of hydrogen-bond donors (Lipinski definition) is 6. The first-order valence-corrected chi connectivity index (χ1v) is 7.35. The van der Waals surface area contributed by atoms with E-state index < -0.39 is 48.7 Å². The maximum atomic E-state index is 11.8. The first-order valence-electron chi connectivity index (χ1n) is 7.35. The molecule has 9 nitrogen and oxygen atoms in total. The molecule has 9 heteroatoms. The Labute approximate surface area is 142 Å². The first-order chi connectivity index (χ1) is 11.6. The van der Waals surface area contributed by atoms with Gasteiger partial charge in [-0.3, -0.25) is 0 Å². The van der Waals surface area contributed by atoms with Gasteiger partial charge in [-0.25, -0.2) is 9.59 Å². The van der Waals surface area contributed by atoms with Gasteiger partial charge in [-0.05, 0) is 23.8 Å². The number of carbonyl (C=O) groups is 2. The second-order valence-corrected chi connectivity index (χ2v) is 5.86. The Morgan fingerprint density at radius 3 is 2.44 bits per heavy atom. The van der Waals surface area contributed by atoms with Crippen LogP contribution in [-0.4, -0.2) is 66.5 Å². The van der Waals surface area contributed by atoms with Crippen molar-refractivity contribution in [3.63, 3.8) is 0 Å². The highest BCUT2D eigenvalue weighted by Crippen LogP contribution is 2.31. The summed E-state index contributed by atoms with van der Waals surface area (Å²) in [5.74, 6) is -3.24. The van der Waals surface area contributed by atoms with Crippen molar-refractivity contribution in [1.82, 2.24) is 0 Å². The van der Waals surface area contributed by atoms with Gasteiger partial charge in [0.15, 0.2) is 17.1 Å². The molecule has 0 amide bonds. The monoisotopic (exact) mass is 354 g/mol. The van der Waals surface area contributed by atoms with Crippen molar-refractivity contribution in [2.24, 2.45) is 0 Å². The minimum atomic E-state index is -2.31. The van der Waals surface area contributed by atoms with Crippen LogP contribution in [0.25, 0.3) is 6.08 Å². The van der Waals surface area contributed by atoms with E-state index >= 15 is 0 Å². The fraction of sp³-hybridized carbons (Fsp3) is 0.375. The van der Waals surface area contributed by atoms with Crippen LogP contribution in [0.2, 0.25) is 0 Å². The largest absolute Gasteiger partial charge is 0.504 e. The summed E-state index contributed by atoms with van der Waals surface area (Å²) in [7, 11) is 0. The molecule has 136 valence electrons. The molecule has 0 spiro atoms. The molecule has 1 saturated carbocycles. The standard InChI is InChI=1S/C16H18O9/c17-9-3-1-8(5-10(9)18)2-4-13(20)25-12-7-16(24,15(22)23)6-11(19)14(12)21/h1-5,11-12,14,17-19,21,24H,6-7H2,(H,22,23)/b4-2+/t11-,12-,14-,16-/m0/s1. The van der Waals surface area contributed by atoms with E-state index in [1.54, 1.807) is 0 Å². The average Bonchev–Trinajstić information content (AvgIpc) is 2.53. The quantitative estimate of drug-likeness (QED) is 0.234. The van der Waals surface area contributed by atoms with Gasteiger partial charge in [0.2, 0.25) is 0 Å².